The molecule has 0 spiro atoms. The van der Waals surface area contributed by atoms with Crippen LogP contribution < -0.4 is 19.5 Å². The highest BCUT2D eigenvalue weighted by molar-refractivity contribution is 7.92. The fraction of sp³-hybridized carbons (Fsp3) is 0.381. The maximum atomic E-state index is 12.5. The average molecular weight is 421 g/mol. The minimum atomic E-state index is -3.73. The molecule has 1 amide bonds. The van der Waals surface area contributed by atoms with Crippen LogP contribution in [0.1, 0.15) is 33.6 Å². The molecule has 0 radical (unpaired) electrons. The van der Waals surface area contributed by atoms with Crippen LogP contribution in [0.25, 0.3) is 0 Å². The molecule has 2 N–H and O–H groups in total. The molecule has 0 heterocycles. The van der Waals surface area contributed by atoms with Gasteiger partial charge in [-0.3, -0.25) is 9.52 Å². The van der Waals surface area contributed by atoms with E-state index in [0.717, 1.165) is 12.8 Å². The third-order valence-corrected chi connectivity index (χ3v) is 5.45. The number of benzene rings is 2. The standard InChI is InChI=1S/C21H28N2O5S/c1-4-6-16(3)22-21(24)15-28-19-11-13-20(14-12-19)29(25,26)23-17-7-9-18(10-8-17)27-5-2/h7-14,16,23H,4-6,15H2,1-3H3,(H,22,24). The Balaban J connectivity index is 1.93. The molecule has 1 unspecified atom stereocenters. The van der Waals surface area contributed by atoms with Gasteiger partial charge in [-0.05, 0) is 68.8 Å². The molecule has 8 heteroatoms. The van der Waals surface area contributed by atoms with E-state index in [1.54, 1.807) is 24.3 Å². The van der Waals surface area contributed by atoms with Crippen LogP contribution in [0.4, 0.5) is 5.69 Å². The number of amides is 1. The Kier molecular flexibility index (Phi) is 8.33. The quantitative estimate of drug-likeness (QED) is 0.580. The van der Waals surface area contributed by atoms with E-state index in [1.165, 1.54) is 24.3 Å². The van der Waals surface area contributed by atoms with Crippen LogP contribution in [0.5, 0.6) is 11.5 Å². The van der Waals surface area contributed by atoms with Gasteiger partial charge in [-0.2, -0.15) is 0 Å². The van der Waals surface area contributed by atoms with Crippen molar-refractivity contribution in [3.05, 3.63) is 48.5 Å². The maximum Gasteiger partial charge on any atom is 0.261 e. The molecule has 29 heavy (non-hydrogen) atoms. The second-order valence-electron chi connectivity index (χ2n) is 6.58. The third kappa shape index (κ3) is 7.30. The first-order chi connectivity index (χ1) is 13.8. The summed E-state index contributed by atoms with van der Waals surface area (Å²) >= 11 is 0. The van der Waals surface area contributed by atoms with E-state index in [2.05, 4.69) is 17.0 Å². The van der Waals surface area contributed by atoms with Crippen molar-refractivity contribution in [2.75, 3.05) is 17.9 Å². The lowest BCUT2D eigenvalue weighted by molar-refractivity contribution is -0.123. The van der Waals surface area contributed by atoms with Gasteiger partial charge in [0.15, 0.2) is 6.61 Å². The number of hydrogen-bond donors (Lipinski definition) is 2. The van der Waals surface area contributed by atoms with E-state index in [9.17, 15) is 13.2 Å². The van der Waals surface area contributed by atoms with E-state index >= 15 is 0 Å². The molecule has 0 saturated heterocycles. The fourth-order valence-electron chi connectivity index (χ4n) is 2.69. The molecule has 0 aliphatic carbocycles. The monoisotopic (exact) mass is 420 g/mol. The summed E-state index contributed by atoms with van der Waals surface area (Å²) in [5.74, 6) is 0.883. The Hall–Kier alpha value is -2.74. The number of carbonyl (C=O) groups excluding carboxylic acids is 1. The van der Waals surface area contributed by atoms with Gasteiger partial charge in [-0.25, -0.2) is 8.42 Å². The van der Waals surface area contributed by atoms with Crippen molar-refractivity contribution in [3.63, 3.8) is 0 Å². The number of nitrogens with one attached hydrogen (secondary N) is 2. The van der Waals surface area contributed by atoms with Crippen LogP contribution in [-0.4, -0.2) is 33.6 Å². The van der Waals surface area contributed by atoms with Crippen molar-refractivity contribution >= 4 is 21.6 Å². The van der Waals surface area contributed by atoms with E-state index < -0.39 is 10.0 Å². The van der Waals surface area contributed by atoms with Crippen LogP contribution in [0, 0.1) is 0 Å². The highest BCUT2D eigenvalue weighted by Gasteiger charge is 2.15. The van der Waals surface area contributed by atoms with Crippen molar-refractivity contribution < 1.29 is 22.7 Å². The molecule has 0 aliphatic rings. The lowest BCUT2D eigenvalue weighted by Crippen LogP contribution is -2.35. The Morgan fingerprint density at radius 1 is 0.966 bits per heavy atom. The lowest BCUT2D eigenvalue weighted by atomic mass is 10.2. The zero-order chi connectivity index (χ0) is 21.3. The molecule has 0 aromatic heterocycles. The predicted molar refractivity (Wildman–Crippen MR) is 113 cm³/mol. The van der Waals surface area contributed by atoms with Gasteiger partial charge in [-0.15, -0.1) is 0 Å². The fourth-order valence-corrected chi connectivity index (χ4v) is 3.74. The first-order valence-corrected chi connectivity index (χ1v) is 11.1. The molecular weight excluding hydrogens is 392 g/mol. The van der Waals surface area contributed by atoms with E-state index in [-0.39, 0.29) is 23.5 Å². The summed E-state index contributed by atoms with van der Waals surface area (Å²) in [5.41, 5.74) is 0.437. The zero-order valence-corrected chi connectivity index (χ0v) is 17.8. The molecule has 1 atom stereocenters. The van der Waals surface area contributed by atoms with Gasteiger partial charge < -0.3 is 14.8 Å². The summed E-state index contributed by atoms with van der Waals surface area (Å²) < 4.78 is 38.3. The number of carbonyl (C=O) groups is 1. The minimum Gasteiger partial charge on any atom is -0.494 e. The second-order valence-corrected chi connectivity index (χ2v) is 8.26. The zero-order valence-electron chi connectivity index (χ0n) is 17.0. The highest BCUT2D eigenvalue weighted by atomic mass is 32.2. The average Bonchev–Trinajstić information content (AvgIpc) is 2.68. The summed E-state index contributed by atoms with van der Waals surface area (Å²) in [6, 6.07) is 12.7. The SMILES string of the molecule is CCCC(C)NC(=O)COc1ccc(S(=O)(=O)Nc2ccc(OCC)cc2)cc1. The molecule has 158 valence electrons. The van der Waals surface area contributed by atoms with Crippen molar-refractivity contribution in [3.8, 4) is 11.5 Å². The summed E-state index contributed by atoms with van der Waals surface area (Å²) in [7, 11) is -3.73. The van der Waals surface area contributed by atoms with Crippen molar-refractivity contribution in [2.45, 2.75) is 44.6 Å². The van der Waals surface area contributed by atoms with Gasteiger partial charge in [0.1, 0.15) is 11.5 Å². The number of rotatable bonds is 11. The lowest BCUT2D eigenvalue weighted by Gasteiger charge is -2.13. The molecule has 0 aliphatic heterocycles. The van der Waals surface area contributed by atoms with Crippen molar-refractivity contribution in [2.24, 2.45) is 0 Å². The molecule has 7 nitrogen and oxygen atoms in total. The number of hydrogen-bond acceptors (Lipinski definition) is 5. The molecule has 0 bridgehead atoms. The van der Waals surface area contributed by atoms with Crippen LogP contribution in [0.15, 0.2) is 53.4 Å². The normalized spacial score (nSPS) is 12.1. The largest absolute Gasteiger partial charge is 0.494 e. The number of ether oxygens (including phenoxy) is 2. The Bertz CT molecular complexity index is 880. The van der Waals surface area contributed by atoms with Gasteiger partial charge >= 0.3 is 0 Å². The smallest absolute Gasteiger partial charge is 0.261 e. The maximum absolute atomic E-state index is 12.5. The topological polar surface area (TPSA) is 93.7 Å². The van der Waals surface area contributed by atoms with Gasteiger partial charge in [0, 0.05) is 11.7 Å². The third-order valence-electron chi connectivity index (χ3n) is 4.05. The number of sulfonamides is 1. The molecule has 0 saturated carbocycles. The Labute approximate surface area is 172 Å². The summed E-state index contributed by atoms with van der Waals surface area (Å²) in [5, 5.41) is 2.85. The molecule has 0 fully saturated rings. The summed E-state index contributed by atoms with van der Waals surface area (Å²) in [6.45, 7) is 6.30. The number of anilines is 1. The predicted octanol–water partition coefficient (Wildman–Crippen LogP) is 3.57. The highest BCUT2D eigenvalue weighted by Crippen LogP contribution is 2.21. The van der Waals surface area contributed by atoms with Crippen LogP contribution in [-0.2, 0) is 14.8 Å². The second kappa shape index (κ2) is 10.7. The summed E-state index contributed by atoms with van der Waals surface area (Å²) in [6.07, 6.45) is 1.89. The van der Waals surface area contributed by atoms with Crippen molar-refractivity contribution in [1.82, 2.24) is 5.32 Å². The molecule has 2 rings (SSSR count). The molecule has 2 aromatic rings. The van der Waals surface area contributed by atoms with E-state index in [0.29, 0.717) is 23.8 Å². The summed E-state index contributed by atoms with van der Waals surface area (Å²) in [4.78, 5) is 11.9. The van der Waals surface area contributed by atoms with Crippen LogP contribution in [0.3, 0.4) is 0 Å². The van der Waals surface area contributed by atoms with Crippen LogP contribution in [0.2, 0.25) is 0 Å². The van der Waals surface area contributed by atoms with E-state index in [4.69, 9.17) is 9.47 Å². The van der Waals surface area contributed by atoms with Crippen molar-refractivity contribution in [1.29, 1.82) is 0 Å². The van der Waals surface area contributed by atoms with Gasteiger partial charge in [-0.1, -0.05) is 13.3 Å². The first kappa shape index (κ1) is 22.5. The molecular formula is C21H28N2O5S. The van der Waals surface area contributed by atoms with E-state index in [1.807, 2.05) is 13.8 Å². The van der Waals surface area contributed by atoms with Gasteiger partial charge in [0.25, 0.3) is 15.9 Å². The van der Waals surface area contributed by atoms with Gasteiger partial charge in [0.05, 0.1) is 11.5 Å². The molecule has 2 aromatic carbocycles. The minimum absolute atomic E-state index is 0.0947. The Morgan fingerprint density at radius 3 is 2.14 bits per heavy atom. The van der Waals surface area contributed by atoms with Crippen LogP contribution >= 0.6 is 0 Å². The Morgan fingerprint density at radius 2 is 1.55 bits per heavy atom. The first-order valence-electron chi connectivity index (χ1n) is 9.62. The van der Waals surface area contributed by atoms with Gasteiger partial charge in [0.2, 0.25) is 0 Å².